The Hall–Kier alpha value is -2.29. The van der Waals surface area contributed by atoms with E-state index in [0.29, 0.717) is 24.5 Å². The first-order valence-electron chi connectivity index (χ1n) is 5.18. The maximum Gasteiger partial charge on any atom is 0.316 e. The first-order chi connectivity index (χ1) is 8.13. The summed E-state index contributed by atoms with van der Waals surface area (Å²) in [6.45, 7) is 1.05. The number of anilines is 1. The van der Waals surface area contributed by atoms with Crippen molar-refractivity contribution >= 4 is 11.8 Å². The van der Waals surface area contributed by atoms with Crippen molar-refractivity contribution in [1.29, 1.82) is 5.26 Å². The third kappa shape index (κ3) is 4.38. The summed E-state index contributed by atoms with van der Waals surface area (Å²) in [4.78, 5) is 16.7. The summed E-state index contributed by atoms with van der Waals surface area (Å²) in [5, 5.41) is 14.4. The first-order valence-corrected chi connectivity index (χ1v) is 5.18. The summed E-state index contributed by atoms with van der Waals surface area (Å²) in [5.41, 5.74) is 0.555. The predicted octanol–water partition coefficient (Wildman–Crippen LogP) is 0.636. The van der Waals surface area contributed by atoms with Crippen molar-refractivity contribution in [2.24, 2.45) is 0 Å². The van der Waals surface area contributed by atoms with Gasteiger partial charge in [-0.05, 0) is 12.1 Å². The lowest BCUT2D eigenvalue weighted by molar-refractivity contribution is 0.218. The Morgan fingerprint density at radius 3 is 2.94 bits per heavy atom. The van der Waals surface area contributed by atoms with Crippen LogP contribution < -0.4 is 10.6 Å². The molecule has 1 aromatic rings. The fraction of sp³-hybridized carbons (Fsp3) is 0.364. The quantitative estimate of drug-likeness (QED) is 0.748. The Labute approximate surface area is 100 Å². The molecule has 1 heterocycles. The number of rotatable bonds is 4. The largest absolute Gasteiger partial charge is 0.368 e. The van der Waals surface area contributed by atoms with Gasteiger partial charge in [0.05, 0.1) is 11.6 Å². The number of hydrogen-bond donors (Lipinski definition) is 2. The van der Waals surface area contributed by atoms with Crippen molar-refractivity contribution in [3.63, 3.8) is 0 Å². The van der Waals surface area contributed by atoms with Gasteiger partial charge in [0.25, 0.3) is 0 Å². The average Bonchev–Trinajstić information content (AvgIpc) is 2.34. The molecule has 0 bridgehead atoms. The highest BCUT2D eigenvalue weighted by atomic mass is 16.2. The van der Waals surface area contributed by atoms with Crippen LogP contribution in [0.25, 0.3) is 0 Å². The molecule has 0 saturated carbocycles. The maximum absolute atomic E-state index is 11.2. The van der Waals surface area contributed by atoms with Crippen molar-refractivity contribution in [3.05, 3.63) is 23.9 Å². The highest BCUT2D eigenvalue weighted by molar-refractivity contribution is 5.73. The molecule has 0 aliphatic carbocycles. The summed E-state index contributed by atoms with van der Waals surface area (Å²) >= 11 is 0. The second-order valence-electron chi connectivity index (χ2n) is 3.59. The highest BCUT2D eigenvalue weighted by Gasteiger charge is 2.01. The molecule has 1 rings (SSSR count). The number of carbonyl (C=O) groups excluding carboxylic acids is 1. The van der Waals surface area contributed by atoms with Crippen LogP contribution >= 0.6 is 0 Å². The van der Waals surface area contributed by atoms with Crippen LogP contribution in [0.2, 0.25) is 0 Å². The van der Waals surface area contributed by atoms with Crippen molar-refractivity contribution in [2.75, 3.05) is 32.5 Å². The van der Waals surface area contributed by atoms with Crippen LogP contribution in [-0.2, 0) is 0 Å². The van der Waals surface area contributed by atoms with E-state index in [0.717, 1.165) is 0 Å². The van der Waals surface area contributed by atoms with Gasteiger partial charge in [-0.1, -0.05) is 0 Å². The average molecular weight is 233 g/mol. The minimum Gasteiger partial charge on any atom is -0.368 e. The van der Waals surface area contributed by atoms with E-state index in [9.17, 15) is 4.79 Å². The fourth-order valence-electron chi connectivity index (χ4n) is 1.11. The highest BCUT2D eigenvalue weighted by Crippen LogP contribution is 2.04. The van der Waals surface area contributed by atoms with E-state index in [1.807, 2.05) is 6.07 Å². The second-order valence-corrected chi connectivity index (χ2v) is 3.59. The van der Waals surface area contributed by atoms with E-state index in [1.54, 1.807) is 32.4 Å². The molecule has 0 spiro atoms. The van der Waals surface area contributed by atoms with Gasteiger partial charge in [-0.25, -0.2) is 9.78 Å². The van der Waals surface area contributed by atoms with Crippen LogP contribution in [0.5, 0.6) is 0 Å². The van der Waals surface area contributed by atoms with E-state index in [-0.39, 0.29) is 6.03 Å². The summed E-state index contributed by atoms with van der Waals surface area (Å²) in [7, 11) is 3.36. The van der Waals surface area contributed by atoms with Gasteiger partial charge in [-0.15, -0.1) is 0 Å². The Bertz CT molecular complexity index is 424. The van der Waals surface area contributed by atoms with Crippen LogP contribution in [0.3, 0.4) is 0 Å². The second kappa shape index (κ2) is 6.33. The van der Waals surface area contributed by atoms with E-state index in [1.165, 1.54) is 4.90 Å². The first kappa shape index (κ1) is 12.8. The number of aromatic nitrogens is 1. The predicted molar refractivity (Wildman–Crippen MR) is 64.5 cm³/mol. The monoisotopic (exact) mass is 233 g/mol. The summed E-state index contributed by atoms with van der Waals surface area (Å²) in [6.07, 6.45) is 1.57. The van der Waals surface area contributed by atoms with E-state index >= 15 is 0 Å². The smallest absolute Gasteiger partial charge is 0.316 e. The van der Waals surface area contributed by atoms with Crippen LogP contribution in [0.15, 0.2) is 18.3 Å². The number of nitriles is 1. The molecule has 17 heavy (non-hydrogen) atoms. The zero-order chi connectivity index (χ0) is 12.7. The van der Waals surface area contributed by atoms with E-state index in [2.05, 4.69) is 15.6 Å². The lowest BCUT2D eigenvalue weighted by Crippen LogP contribution is -2.37. The molecule has 0 saturated heterocycles. The molecule has 0 aromatic carbocycles. The third-order valence-corrected chi connectivity index (χ3v) is 2.00. The van der Waals surface area contributed by atoms with Gasteiger partial charge in [0.2, 0.25) is 0 Å². The minimum atomic E-state index is -0.134. The van der Waals surface area contributed by atoms with Crippen LogP contribution in [-0.4, -0.2) is 43.1 Å². The third-order valence-electron chi connectivity index (χ3n) is 2.00. The number of pyridine rings is 1. The summed E-state index contributed by atoms with van der Waals surface area (Å²) in [5.74, 6) is 0.628. The molecule has 6 nitrogen and oxygen atoms in total. The number of hydrogen-bond acceptors (Lipinski definition) is 4. The van der Waals surface area contributed by atoms with Gasteiger partial charge in [-0.3, -0.25) is 0 Å². The van der Waals surface area contributed by atoms with Gasteiger partial charge in [0, 0.05) is 33.4 Å². The molecular weight excluding hydrogens is 218 g/mol. The number of amides is 2. The molecule has 2 amide bonds. The zero-order valence-corrected chi connectivity index (χ0v) is 9.90. The van der Waals surface area contributed by atoms with Gasteiger partial charge >= 0.3 is 6.03 Å². The van der Waals surface area contributed by atoms with Crippen molar-refractivity contribution in [3.8, 4) is 6.07 Å². The Morgan fingerprint density at radius 1 is 1.53 bits per heavy atom. The van der Waals surface area contributed by atoms with Crippen molar-refractivity contribution in [2.45, 2.75) is 0 Å². The molecule has 0 unspecified atom stereocenters. The number of carbonyl (C=O) groups is 1. The Morgan fingerprint density at radius 2 is 2.29 bits per heavy atom. The number of urea groups is 1. The molecule has 0 radical (unpaired) electrons. The molecule has 0 aliphatic heterocycles. The Kier molecular flexibility index (Phi) is 4.76. The van der Waals surface area contributed by atoms with Crippen LogP contribution in [0.1, 0.15) is 5.56 Å². The lowest BCUT2D eigenvalue weighted by atomic mass is 10.3. The van der Waals surface area contributed by atoms with Crippen molar-refractivity contribution < 1.29 is 4.79 Å². The van der Waals surface area contributed by atoms with Gasteiger partial charge in [0.15, 0.2) is 0 Å². The topological polar surface area (TPSA) is 81.0 Å². The lowest BCUT2D eigenvalue weighted by Gasteiger charge is -2.12. The summed E-state index contributed by atoms with van der Waals surface area (Å²) < 4.78 is 0. The van der Waals surface area contributed by atoms with E-state index < -0.39 is 0 Å². The normalized spacial score (nSPS) is 9.24. The molecular formula is C11H15N5O. The molecule has 90 valence electrons. The van der Waals surface area contributed by atoms with Gasteiger partial charge < -0.3 is 15.5 Å². The number of nitrogens with zero attached hydrogens (tertiary/aromatic N) is 3. The summed E-state index contributed by atoms with van der Waals surface area (Å²) in [6, 6.07) is 5.20. The molecule has 0 atom stereocenters. The molecule has 0 aliphatic rings. The fourth-order valence-corrected chi connectivity index (χ4v) is 1.11. The molecule has 2 N–H and O–H groups in total. The van der Waals surface area contributed by atoms with Gasteiger partial charge in [-0.2, -0.15) is 5.26 Å². The molecule has 0 fully saturated rings. The van der Waals surface area contributed by atoms with Crippen LogP contribution in [0, 0.1) is 11.3 Å². The molecule has 1 aromatic heterocycles. The van der Waals surface area contributed by atoms with E-state index in [4.69, 9.17) is 5.26 Å². The SMILES string of the molecule is CN(C)C(=O)NCCNc1cc(C#N)ccn1. The molecule has 6 heteroatoms. The number of nitrogens with one attached hydrogen (secondary N) is 2. The zero-order valence-electron chi connectivity index (χ0n) is 9.90. The standard InChI is InChI=1S/C11H15N5O/c1-16(2)11(17)15-6-5-14-10-7-9(8-12)3-4-13-10/h3-4,7H,5-6H2,1-2H3,(H,13,14)(H,15,17). The van der Waals surface area contributed by atoms with Crippen LogP contribution in [0.4, 0.5) is 10.6 Å². The Balaban J connectivity index is 2.31. The van der Waals surface area contributed by atoms with Crippen molar-refractivity contribution in [1.82, 2.24) is 15.2 Å². The minimum absolute atomic E-state index is 0.134. The van der Waals surface area contributed by atoms with Gasteiger partial charge in [0.1, 0.15) is 5.82 Å². The maximum atomic E-state index is 11.2.